The van der Waals surface area contributed by atoms with Crippen molar-refractivity contribution in [3.63, 3.8) is 0 Å². The fraction of sp³-hybridized carbons (Fsp3) is 0.667. The predicted octanol–water partition coefficient (Wildman–Crippen LogP) is 3.72. The van der Waals surface area contributed by atoms with Gasteiger partial charge in [-0.25, -0.2) is 0 Å². The van der Waals surface area contributed by atoms with Crippen molar-refractivity contribution in [2.45, 2.75) is 58.2 Å². The summed E-state index contributed by atoms with van der Waals surface area (Å²) in [6, 6.07) is 8.88. The van der Waals surface area contributed by atoms with E-state index in [0.717, 1.165) is 19.4 Å². The van der Waals surface area contributed by atoms with Gasteiger partial charge in [-0.1, -0.05) is 29.8 Å². The third-order valence-corrected chi connectivity index (χ3v) is 4.25. The van der Waals surface area contributed by atoms with E-state index in [1.54, 1.807) is 0 Å². The molecule has 112 valence electrons. The second-order valence-electron chi connectivity index (χ2n) is 6.89. The second-order valence-corrected chi connectivity index (χ2v) is 6.89. The highest BCUT2D eigenvalue weighted by Crippen LogP contribution is 2.33. The van der Waals surface area contributed by atoms with Crippen LogP contribution in [-0.4, -0.2) is 25.3 Å². The van der Waals surface area contributed by atoms with Gasteiger partial charge in [0.2, 0.25) is 0 Å². The number of ether oxygens (including phenoxy) is 1. The van der Waals surface area contributed by atoms with Gasteiger partial charge in [0, 0.05) is 0 Å². The predicted molar refractivity (Wildman–Crippen MR) is 85.1 cm³/mol. The maximum absolute atomic E-state index is 6.16. The van der Waals surface area contributed by atoms with Crippen molar-refractivity contribution < 1.29 is 4.74 Å². The molecule has 1 N–H and O–H groups in total. The van der Waals surface area contributed by atoms with Gasteiger partial charge < -0.3 is 10.1 Å². The summed E-state index contributed by atoms with van der Waals surface area (Å²) in [4.78, 5) is 0. The zero-order valence-electron chi connectivity index (χ0n) is 13.4. The van der Waals surface area contributed by atoms with Crippen LogP contribution >= 0.6 is 0 Å². The molecule has 2 unspecified atom stereocenters. The molecule has 2 nitrogen and oxygen atoms in total. The molecule has 0 radical (unpaired) electrons. The maximum Gasteiger partial charge on any atom is 0.0631 e. The van der Waals surface area contributed by atoms with Crippen molar-refractivity contribution in [2.24, 2.45) is 5.92 Å². The molecule has 0 bridgehead atoms. The molecule has 0 spiro atoms. The van der Waals surface area contributed by atoms with Crippen molar-refractivity contribution in [2.75, 3.05) is 13.6 Å². The van der Waals surface area contributed by atoms with Gasteiger partial charge in [0.25, 0.3) is 0 Å². The summed E-state index contributed by atoms with van der Waals surface area (Å²) in [5.74, 6) is 0.653. The molecule has 2 rings (SSSR count). The molecular weight excluding hydrogens is 246 g/mol. The number of hydrogen-bond acceptors (Lipinski definition) is 2. The Morgan fingerprint density at radius 2 is 2.20 bits per heavy atom. The lowest BCUT2D eigenvalue weighted by Gasteiger charge is -2.23. The molecule has 1 heterocycles. The van der Waals surface area contributed by atoms with Crippen LogP contribution < -0.4 is 5.32 Å². The third-order valence-electron chi connectivity index (χ3n) is 4.25. The van der Waals surface area contributed by atoms with Gasteiger partial charge in [0.05, 0.1) is 11.7 Å². The molecule has 0 aliphatic carbocycles. The topological polar surface area (TPSA) is 21.3 Å². The first kappa shape index (κ1) is 15.5. The lowest BCUT2D eigenvalue weighted by molar-refractivity contribution is -0.0243. The first-order valence-electron chi connectivity index (χ1n) is 7.86. The lowest BCUT2D eigenvalue weighted by Crippen LogP contribution is -2.27. The Bertz CT molecular complexity index is 427. The summed E-state index contributed by atoms with van der Waals surface area (Å²) in [6.45, 7) is 7.65. The van der Waals surface area contributed by atoms with Crippen LogP contribution in [0, 0.1) is 12.8 Å². The first-order chi connectivity index (χ1) is 9.48. The maximum atomic E-state index is 6.16. The largest absolute Gasteiger partial charge is 0.372 e. The summed E-state index contributed by atoms with van der Waals surface area (Å²) >= 11 is 0. The standard InChI is InChI=1S/C18H29NO/c1-14-6-5-7-15(10-14)11-16(13-19-4)12-17-8-9-18(2,3)20-17/h5-7,10,16-17,19H,8-9,11-13H2,1-4H3. The molecule has 1 aliphatic rings. The van der Waals surface area contributed by atoms with Crippen molar-refractivity contribution in [3.05, 3.63) is 35.4 Å². The Morgan fingerprint density at radius 3 is 2.80 bits per heavy atom. The fourth-order valence-corrected chi connectivity index (χ4v) is 3.32. The minimum Gasteiger partial charge on any atom is -0.372 e. The van der Waals surface area contributed by atoms with E-state index in [0.29, 0.717) is 12.0 Å². The third kappa shape index (κ3) is 4.60. The number of hydrogen-bond donors (Lipinski definition) is 1. The van der Waals surface area contributed by atoms with E-state index < -0.39 is 0 Å². The zero-order valence-corrected chi connectivity index (χ0v) is 13.4. The highest BCUT2D eigenvalue weighted by atomic mass is 16.5. The quantitative estimate of drug-likeness (QED) is 0.854. The smallest absolute Gasteiger partial charge is 0.0631 e. The van der Waals surface area contributed by atoms with E-state index in [-0.39, 0.29) is 5.60 Å². The molecule has 20 heavy (non-hydrogen) atoms. The fourth-order valence-electron chi connectivity index (χ4n) is 3.32. The van der Waals surface area contributed by atoms with Crippen molar-refractivity contribution in [1.29, 1.82) is 0 Å². The van der Waals surface area contributed by atoms with Gasteiger partial charge in [0.1, 0.15) is 0 Å². The van der Waals surface area contributed by atoms with Crippen LogP contribution in [0.25, 0.3) is 0 Å². The summed E-state index contributed by atoms with van der Waals surface area (Å²) in [7, 11) is 2.04. The van der Waals surface area contributed by atoms with Gasteiger partial charge in [-0.3, -0.25) is 0 Å². The Kier molecular flexibility index (Phi) is 5.22. The van der Waals surface area contributed by atoms with Gasteiger partial charge in [0.15, 0.2) is 0 Å². The molecule has 1 aromatic rings. The van der Waals surface area contributed by atoms with Gasteiger partial charge in [-0.15, -0.1) is 0 Å². The van der Waals surface area contributed by atoms with Crippen LogP contribution in [-0.2, 0) is 11.2 Å². The van der Waals surface area contributed by atoms with Crippen molar-refractivity contribution >= 4 is 0 Å². The molecule has 2 atom stereocenters. The SMILES string of the molecule is CNCC(Cc1cccc(C)c1)CC1CCC(C)(C)O1. The molecule has 0 aromatic heterocycles. The number of rotatable bonds is 6. The Hall–Kier alpha value is -0.860. The van der Waals surface area contributed by atoms with Crippen LogP contribution in [0.1, 0.15) is 44.2 Å². The van der Waals surface area contributed by atoms with Crippen molar-refractivity contribution in [1.82, 2.24) is 5.32 Å². The first-order valence-corrected chi connectivity index (χ1v) is 7.86. The normalized spacial score (nSPS) is 22.9. The summed E-state index contributed by atoms with van der Waals surface area (Å²) in [5.41, 5.74) is 2.88. The van der Waals surface area contributed by atoms with E-state index >= 15 is 0 Å². The average molecular weight is 275 g/mol. The summed E-state index contributed by atoms with van der Waals surface area (Å²) in [6.07, 6.45) is 5.14. The zero-order chi connectivity index (χ0) is 14.6. The Balaban J connectivity index is 1.93. The molecule has 0 amide bonds. The van der Waals surface area contributed by atoms with E-state index in [9.17, 15) is 0 Å². The van der Waals surface area contributed by atoms with Gasteiger partial charge in [-0.05, 0) is 71.5 Å². The van der Waals surface area contributed by atoms with E-state index in [1.165, 1.54) is 24.0 Å². The molecule has 1 fully saturated rings. The monoisotopic (exact) mass is 275 g/mol. The van der Waals surface area contributed by atoms with Crippen LogP contribution in [0.4, 0.5) is 0 Å². The highest BCUT2D eigenvalue weighted by molar-refractivity contribution is 5.22. The molecule has 1 saturated heterocycles. The van der Waals surface area contributed by atoms with Crippen LogP contribution in [0.5, 0.6) is 0 Å². The van der Waals surface area contributed by atoms with Crippen molar-refractivity contribution in [3.8, 4) is 0 Å². The highest BCUT2D eigenvalue weighted by Gasteiger charge is 2.32. The molecule has 2 heteroatoms. The molecule has 0 saturated carbocycles. The Morgan fingerprint density at radius 1 is 1.40 bits per heavy atom. The van der Waals surface area contributed by atoms with Crippen LogP contribution in [0.3, 0.4) is 0 Å². The number of nitrogens with one attached hydrogen (secondary N) is 1. The summed E-state index contributed by atoms with van der Waals surface area (Å²) in [5, 5.41) is 3.34. The minimum absolute atomic E-state index is 0.0815. The van der Waals surface area contributed by atoms with Gasteiger partial charge in [-0.2, -0.15) is 0 Å². The van der Waals surface area contributed by atoms with Crippen LogP contribution in [0.15, 0.2) is 24.3 Å². The summed E-state index contributed by atoms with van der Waals surface area (Å²) < 4.78 is 6.16. The van der Waals surface area contributed by atoms with E-state index in [4.69, 9.17) is 4.74 Å². The Labute approximate surface area is 123 Å². The minimum atomic E-state index is 0.0815. The number of aryl methyl sites for hydroxylation is 1. The van der Waals surface area contributed by atoms with E-state index in [2.05, 4.69) is 50.4 Å². The van der Waals surface area contributed by atoms with E-state index in [1.807, 2.05) is 7.05 Å². The van der Waals surface area contributed by atoms with Gasteiger partial charge >= 0.3 is 0 Å². The molecule has 1 aromatic carbocycles. The average Bonchev–Trinajstić information content (AvgIpc) is 2.69. The molecule has 1 aliphatic heterocycles. The second kappa shape index (κ2) is 6.73. The lowest BCUT2D eigenvalue weighted by atomic mass is 9.92. The van der Waals surface area contributed by atoms with Crippen LogP contribution in [0.2, 0.25) is 0 Å². The molecular formula is C18H29NO. The number of benzene rings is 1.